The van der Waals surface area contributed by atoms with Gasteiger partial charge >= 0.3 is 5.97 Å². The third kappa shape index (κ3) is 4.03. The number of esters is 1. The third-order valence-corrected chi connectivity index (χ3v) is 6.90. The van der Waals surface area contributed by atoms with E-state index in [0.29, 0.717) is 23.5 Å². The van der Waals surface area contributed by atoms with Gasteiger partial charge in [-0.15, -0.1) is 0 Å². The maximum Gasteiger partial charge on any atom is 0.310 e. The van der Waals surface area contributed by atoms with Crippen LogP contribution in [0.25, 0.3) is 0 Å². The molecule has 0 bridgehead atoms. The Morgan fingerprint density at radius 1 is 1.07 bits per heavy atom. The van der Waals surface area contributed by atoms with Crippen LogP contribution in [0.3, 0.4) is 0 Å². The minimum Gasteiger partial charge on any atom is -0.493 e. The second-order valence-electron chi connectivity index (χ2n) is 6.88. The smallest absolute Gasteiger partial charge is 0.310 e. The van der Waals surface area contributed by atoms with Crippen LogP contribution < -0.4 is 13.8 Å². The summed E-state index contributed by atoms with van der Waals surface area (Å²) >= 11 is 0. The van der Waals surface area contributed by atoms with Crippen LogP contribution >= 0.6 is 0 Å². The van der Waals surface area contributed by atoms with Crippen molar-refractivity contribution in [1.29, 1.82) is 0 Å². The lowest BCUT2D eigenvalue weighted by atomic mass is 10.0. The predicted molar refractivity (Wildman–Crippen MR) is 109 cm³/mol. The van der Waals surface area contributed by atoms with Gasteiger partial charge < -0.3 is 14.2 Å². The van der Waals surface area contributed by atoms with Crippen LogP contribution in [0.15, 0.2) is 35.2 Å². The van der Waals surface area contributed by atoms with E-state index in [2.05, 4.69) is 0 Å². The molecule has 0 fully saturated rings. The summed E-state index contributed by atoms with van der Waals surface area (Å²) in [5, 5.41) is 0. The number of ether oxygens (including phenoxy) is 3. The molecule has 1 heterocycles. The highest BCUT2D eigenvalue weighted by atomic mass is 32.2. The van der Waals surface area contributed by atoms with Gasteiger partial charge in [-0.3, -0.25) is 9.10 Å². The van der Waals surface area contributed by atoms with E-state index in [1.165, 1.54) is 37.8 Å². The fourth-order valence-corrected chi connectivity index (χ4v) is 5.33. The van der Waals surface area contributed by atoms with E-state index < -0.39 is 16.0 Å². The van der Waals surface area contributed by atoms with Gasteiger partial charge in [0.25, 0.3) is 10.0 Å². The van der Waals surface area contributed by atoms with E-state index in [4.69, 9.17) is 14.2 Å². The predicted octanol–water partition coefficient (Wildman–Crippen LogP) is 2.87. The number of sulfonamides is 1. The minimum absolute atomic E-state index is 0.00831. The van der Waals surface area contributed by atoms with E-state index in [-0.39, 0.29) is 17.1 Å². The molecule has 29 heavy (non-hydrogen) atoms. The molecule has 7 nitrogen and oxygen atoms in total. The van der Waals surface area contributed by atoms with Gasteiger partial charge in [-0.25, -0.2) is 8.42 Å². The Bertz CT molecular complexity index is 1030. The zero-order valence-corrected chi connectivity index (χ0v) is 17.8. The van der Waals surface area contributed by atoms with Crippen molar-refractivity contribution in [3.63, 3.8) is 0 Å². The second kappa shape index (κ2) is 8.32. The highest BCUT2D eigenvalue weighted by molar-refractivity contribution is 7.92. The van der Waals surface area contributed by atoms with E-state index in [1.807, 2.05) is 25.1 Å². The number of nitrogens with zero attached hydrogens (tertiary/aromatic N) is 1. The monoisotopic (exact) mass is 419 g/mol. The normalized spacial score (nSPS) is 13.6. The SMILES string of the molecule is COC(=O)Cc1cc(OC)c(OC)cc1S(=O)(=O)N1CCCc2cc(C)ccc21. The molecule has 0 N–H and O–H groups in total. The van der Waals surface area contributed by atoms with Gasteiger partial charge in [0.1, 0.15) is 0 Å². The summed E-state index contributed by atoms with van der Waals surface area (Å²) in [5.74, 6) is 0.0872. The molecule has 2 aromatic rings. The molecule has 156 valence electrons. The number of carbonyl (C=O) groups is 1. The Morgan fingerprint density at radius 3 is 2.41 bits per heavy atom. The van der Waals surface area contributed by atoms with E-state index in [1.54, 1.807) is 0 Å². The molecule has 0 saturated carbocycles. The molecule has 0 aliphatic carbocycles. The molecule has 8 heteroatoms. The first-order valence-corrected chi connectivity index (χ1v) is 10.7. The molecular weight excluding hydrogens is 394 g/mol. The van der Waals surface area contributed by atoms with Crippen LogP contribution in [-0.4, -0.2) is 42.3 Å². The summed E-state index contributed by atoms with van der Waals surface area (Å²) < 4.78 is 44.1. The average Bonchev–Trinajstić information content (AvgIpc) is 2.72. The summed E-state index contributed by atoms with van der Waals surface area (Å²) in [4.78, 5) is 11.9. The lowest BCUT2D eigenvalue weighted by Gasteiger charge is -2.31. The summed E-state index contributed by atoms with van der Waals surface area (Å²) in [5.41, 5.74) is 3.05. The Labute approximate surface area is 171 Å². The van der Waals surface area contributed by atoms with Crippen molar-refractivity contribution in [2.45, 2.75) is 31.1 Å². The van der Waals surface area contributed by atoms with E-state index >= 15 is 0 Å². The van der Waals surface area contributed by atoms with Gasteiger partial charge in [-0.1, -0.05) is 17.7 Å². The number of methoxy groups -OCH3 is 3. The molecule has 0 spiro atoms. The zero-order valence-electron chi connectivity index (χ0n) is 17.0. The van der Waals surface area contributed by atoms with Gasteiger partial charge in [0.15, 0.2) is 11.5 Å². The Hall–Kier alpha value is -2.74. The van der Waals surface area contributed by atoms with Gasteiger partial charge in [0.2, 0.25) is 0 Å². The highest BCUT2D eigenvalue weighted by Crippen LogP contribution is 2.38. The van der Waals surface area contributed by atoms with Crippen LogP contribution in [0.2, 0.25) is 0 Å². The number of hydrogen-bond acceptors (Lipinski definition) is 6. The number of aryl methyl sites for hydroxylation is 2. The molecule has 0 amide bonds. The van der Waals surface area contributed by atoms with Crippen LogP contribution in [0, 0.1) is 6.92 Å². The molecule has 0 radical (unpaired) electrons. The van der Waals surface area contributed by atoms with Gasteiger partial charge in [-0.2, -0.15) is 0 Å². The Morgan fingerprint density at radius 2 is 1.76 bits per heavy atom. The molecule has 1 aliphatic rings. The summed E-state index contributed by atoms with van der Waals surface area (Å²) in [6, 6.07) is 8.68. The van der Waals surface area contributed by atoms with Crippen molar-refractivity contribution in [2.75, 3.05) is 32.2 Å². The van der Waals surface area contributed by atoms with Gasteiger partial charge in [0, 0.05) is 12.6 Å². The Kier molecular flexibility index (Phi) is 6.02. The first-order valence-electron chi connectivity index (χ1n) is 9.25. The quantitative estimate of drug-likeness (QED) is 0.670. The maximum atomic E-state index is 13.7. The number of benzene rings is 2. The lowest BCUT2D eigenvalue weighted by Crippen LogP contribution is -2.36. The number of fused-ring (bicyclic) bond motifs is 1. The number of rotatable bonds is 6. The van der Waals surface area contributed by atoms with E-state index in [9.17, 15) is 13.2 Å². The standard InChI is InChI=1S/C21H25NO6S/c1-14-7-8-17-15(10-14)6-5-9-22(17)29(24,25)20-13-19(27-3)18(26-2)11-16(20)12-21(23)28-4/h7-8,10-11,13H,5-6,9,12H2,1-4H3. The molecule has 0 atom stereocenters. The molecule has 0 saturated heterocycles. The van der Waals surface area contributed by atoms with Crippen LogP contribution in [0.5, 0.6) is 11.5 Å². The minimum atomic E-state index is -3.94. The van der Waals surface area contributed by atoms with Crippen molar-refractivity contribution in [3.05, 3.63) is 47.0 Å². The lowest BCUT2D eigenvalue weighted by molar-refractivity contribution is -0.139. The Balaban J connectivity index is 2.17. The zero-order chi connectivity index (χ0) is 21.2. The molecule has 2 aromatic carbocycles. The fraction of sp³-hybridized carbons (Fsp3) is 0.381. The largest absolute Gasteiger partial charge is 0.493 e. The van der Waals surface area contributed by atoms with Crippen LogP contribution in [-0.2, 0) is 32.4 Å². The van der Waals surface area contributed by atoms with E-state index in [0.717, 1.165) is 24.0 Å². The average molecular weight is 419 g/mol. The summed E-state index contributed by atoms with van der Waals surface area (Å²) in [7, 11) is 0.217. The molecule has 1 aliphatic heterocycles. The van der Waals surface area contributed by atoms with Crippen LogP contribution in [0.1, 0.15) is 23.1 Å². The van der Waals surface area contributed by atoms with Crippen molar-refractivity contribution in [1.82, 2.24) is 0 Å². The molecular formula is C21H25NO6S. The second-order valence-corrected chi connectivity index (χ2v) is 8.71. The number of carbonyl (C=O) groups excluding carboxylic acids is 1. The number of hydrogen-bond donors (Lipinski definition) is 0. The fourth-order valence-electron chi connectivity index (χ4n) is 3.57. The topological polar surface area (TPSA) is 82.1 Å². The van der Waals surface area contributed by atoms with Crippen molar-refractivity contribution in [3.8, 4) is 11.5 Å². The maximum absolute atomic E-state index is 13.7. The van der Waals surface area contributed by atoms with Crippen molar-refractivity contribution in [2.24, 2.45) is 0 Å². The molecule has 0 aromatic heterocycles. The summed E-state index contributed by atoms with van der Waals surface area (Å²) in [6.45, 7) is 2.35. The number of anilines is 1. The summed E-state index contributed by atoms with van der Waals surface area (Å²) in [6.07, 6.45) is 1.35. The molecule has 0 unspecified atom stereocenters. The first-order chi connectivity index (χ1) is 13.8. The highest BCUT2D eigenvalue weighted by Gasteiger charge is 2.32. The third-order valence-electron chi connectivity index (χ3n) is 5.01. The van der Waals surface area contributed by atoms with Gasteiger partial charge in [-0.05, 0) is 43.0 Å². The van der Waals surface area contributed by atoms with Crippen molar-refractivity contribution >= 4 is 21.7 Å². The van der Waals surface area contributed by atoms with Crippen molar-refractivity contribution < 1.29 is 27.4 Å². The first kappa shape index (κ1) is 21.0. The van der Waals surface area contributed by atoms with Gasteiger partial charge in [0.05, 0.1) is 38.3 Å². The van der Waals surface area contributed by atoms with Crippen LogP contribution in [0.4, 0.5) is 5.69 Å². The molecule has 3 rings (SSSR count).